The van der Waals surface area contributed by atoms with E-state index in [1.165, 1.54) is 0 Å². The van der Waals surface area contributed by atoms with Crippen LogP contribution in [0.15, 0.2) is 78.9 Å². The number of carbonyl (C=O) groups is 2. The van der Waals surface area contributed by atoms with Crippen LogP contribution >= 0.6 is 0 Å². The third-order valence-corrected chi connectivity index (χ3v) is 10.1. The van der Waals surface area contributed by atoms with Crippen molar-refractivity contribution >= 4 is 11.9 Å². The van der Waals surface area contributed by atoms with E-state index in [2.05, 4.69) is 5.32 Å². The van der Waals surface area contributed by atoms with Crippen molar-refractivity contribution in [2.24, 2.45) is 17.8 Å². The minimum Gasteiger partial charge on any atom is -0.497 e. The summed E-state index contributed by atoms with van der Waals surface area (Å²) < 4.78 is 24.7. The molecule has 224 valence electrons. The summed E-state index contributed by atoms with van der Waals surface area (Å²) in [6, 6.07) is 24.9. The molecule has 3 amide bonds. The molecule has 3 aromatic rings. The second-order valence-electron chi connectivity index (χ2n) is 12.1. The lowest BCUT2D eigenvalue weighted by atomic mass is 9.77. The third kappa shape index (κ3) is 4.17. The van der Waals surface area contributed by atoms with E-state index in [-0.39, 0.29) is 36.3 Å². The standard InChI is InChI=1S/C34H36N2O7/c1-20-27-17-21-18-33(29(37)28(21)31(43-33)36(27)32(39)35-30(20)38)19-42-34(22-7-5-4-6-8-22,23-9-13-25(40-2)14-10-23)24-11-15-26(41-3)16-12-24/h4-16,20-21,27-29,31,37H,17-19H2,1-3H3,(H,35,38,39)/t20-,21-,27-,28-,29-,31+,33-/m0/s1. The predicted octanol–water partition coefficient (Wildman–Crippen LogP) is 4.06. The number of hydrogen-bond acceptors (Lipinski definition) is 7. The number of carbonyl (C=O) groups excluding carboxylic acids is 2. The molecule has 4 aliphatic rings. The molecule has 7 rings (SSSR count). The predicted molar refractivity (Wildman–Crippen MR) is 156 cm³/mol. The van der Waals surface area contributed by atoms with Gasteiger partial charge < -0.3 is 24.1 Å². The fourth-order valence-corrected chi connectivity index (χ4v) is 7.88. The average molecular weight is 585 g/mol. The van der Waals surface area contributed by atoms with Crippen molar-refractivity contribution in [3.05, 3.63) is 95.6 Å². The van der Waals surface area contributed by atoms with Crippen molar-refractivity contribution in [2.75, 3.05) is 20.8 Å². The van der Waals surface area contributed by atoms with Crippen molar-refractivity contribution < 1.29 is 33.6 Å². The summed E-state index contributed by atoms with van der Waals surface area (Å²) >= 11 is 0. The Balaban J connectivity index is 1.29. The summed E-state index contributed by atoms with van der Waals surface area (Å²) in [7, 11) is 3.27. The Morgan fingerprint density at radius 1 is 0.930 bits per heavy atom. The van der Waals surface area contributed by atoms with Crippen molar-refractivity contribution in [3.63, 3.8) is 0 Å². The number of urea groups is 1. The van der Waals surface area contributed by atoms with Crippen LogP contribution in [0.3, 0.4) is 0 Å². The van der Waals surface area contributed by atoms with E-state index in [9.17, 15) is 14.7 Å². The van der Waals surface area contributed by atoms with E-state index in [1.807, 2.05) is 85.8 Å². The number of imide groups is 1. The first-order chi connectivity index (χ1) is 20.8. The largest absolute Gasteiger partial charge is 0.497 e. The van der Waals surface area contributed by atoms with E-state index in [4.69, 9.17) is 18.9 Å². The van der Waals surface area contributed by atoms with E-state index in [0.29, 0.717) is 12.8 Å². The van der Waals surface area contributed by atoms with Gasteiger partial charge in [-0.25, -0.2) is 4.79 Å². The first-order valence-corrected chi connectivity index (χ1v) is 14.8. The Bertz CT molecular complexity index is 1460. The van der Waals surface area contributed by atoms with E-state index < -0.39 is 29.6 Å². The monoisotopic (exact) mass is 584 g/mol. The first kappa shape index (κ1) is 27.9. The molecule has 7 atom stereocenters. The third-order valence-electron chi connectivity index (χ3n) is 10.1. The normalized spacial score (nSPS) is 31.0. The topological polar surface area (TPSA) is 107 Å². The summed E-state index contributed by atoms with van der Waals surface area (Å²) in [5, 5.41) is 14.2. The number of benzene rings is 3. The molecule has 0 unspecified atom stereocenters. The molecule has 9 nitrogen and oxygen atoms in total. The second kappa shape index (κ2) is 10.4. The van der Waals surface area contributed by atoms with Crippen LogP contribution in [0.4, 0.5) is 4.79 Å². The van der Waals surface area contributed by atoms with Gasteiger partial charge in [0.15, 0.2) is 0 Å². The molecule has 3 saturated heterocycles. The molecule has 4 fully saturated rings. The second-order valence-corrected chi connectivity index (χ2v) is 12.1. The number of amides is 3. The Morgan fingerprint density at radius 2 is 1.51 bits per heavy atom. The summed E-state index contributed by atoms with van der Waals surface area (Å²) in [5.74, 6) is 0.696. The lowest BCUT2D eigenvalue weighted by Gasteiger charge is -2.52. The van der Waals surface area contributed by atoms with Gasteiger partial charge in [0.25, 0.3) is 0 Å². The van der Waals surface area contributed by atoms with Crippen LogP contribution in [0, 0.1) is 17.8 Å². The molecular weight excluding hydrogens is 548 g/mol. The molecule has 1 aliphatic carbocycles. The van der Waals surface area contributed by atoms with Crippen molar-refractivity contribution in [3.8, 4) is 11.5 Å². The highest BCUT2D eigenvalue weighted by atomic mass is 16.6. The molecule has 9 heteroatoms. The molecule has 3 heterocycles. The average Bonchev–Trinajstić information content (AvgIpc) is 3.48. The van der Waals surface area contributed by atoms with Gasteiger partial charge in [-0.15, -0.1) is 0 Å². The smallest absolute Gasteiger partial charge is 0.326 e. The molecule has 0 spiro atoms. The van der Waals surface area contributed by atoms with Crippen molar-refractivity contribution in [2.45, 2.75) is 49.3 Å². The zero-order chi connectivity index (χ0) is 29.9. The number of piperidine rings is 1. The van der Waals surface area contributed by atoms with Gasteiger partial charge in [0, 0.05) is 12.0 Å². The van der Waals surface area contributed by atoms with E-state index in [0.717, 1.165) is 28.2 Å². The quantitative estimate of drug-likeness (QED) is 0.385. The highest BCUT2D eigenvalue weighted by Gasteiger charge is 2.70. The van der Waals surface area contributed by atoms with E-state index in [1.54, 1.807) is 19.1 Å². The Morgan fingerprint density at radius 3 is 2.09 bits per heavy atom. The summed E-state index contributed by atoms with van der Waals surface area (Å²) in [5.41, 5.74) is 0.581. The number of rotatable bonds is 8. The lowest BCUT2D eigenvalue weighted by Crippen LogP contribution is -2.68. The van der Waals surface area contributed by atoms with Gasteiger partial charge >= 0.3 is 6.03 Å². The molecule has 0 radical (unpaired) electrons. The number of aliphatic hydroxyl groups is 1. The molecular formula is C34H36N2O7. The Hall–Kier alpha value is -3.92. The van der Waals surface area contributed by atoms with Crippen LogP contribution in [0.5, 0.6) is 11.5 Å². The lowest BCUT2D eigenvalue weighted by molar-refractivity contribution is -0.209. The molecule has 3 aromatic carbocycles. The first-order valence-electron chi connectivity index (χ1n) is 14.8. The highest BCUT2D eigenvalue weighted by molar-refractivity contribution is 5.98. The molecule has 2 bridgehead atoms. The zero-order valence-corrected chi connectivity index (χ0v) is 24.4. The van der Waals surface area contributed by atoms with Crippen LogP contribution in [0.25, 0.3) is 0 Å². The molecule has 0 aromatic heterocycles. The zero-order valence-electron chi connectivity index (χ0n) is 24.4. The van der Waals surface area contributed by atoms with Gasteiger partial charge in [0.1, 0.15) is 28.9 Å². The summed E-state index contributed by atoms with van der Waals surface area (Å²) in [6.07, 6.45) is -0.230. The molecule has 3 aliphatic heterocycles. The molecule has 1 saturated carbocycles. The minimum atomic E-state index is -1.07. The van der Waals surface area contributed by atoms with Crippen molar-refractivity contribution in [1.82, 2.24) is 10.2 Å². The van der Waals surface area contributed by atoms with Crippen LogP contribution in [0.2, 0.25) is 0 Å². The van der Waals surface area contributed by atoms with Gasteiger partial charge in [0.2, 0.25) is 5.91 Å². The highest BCUT2D eigenvalue weighted by Crippen LogP contribution is 2.59. The van der Waals surface area contributed by atoms with Gasteiger partial charge in [-0.2, -0.15) is 0 Å². The summed E-state index contributed by atoms with van der Waals surface area (Å²) in [6.45, 7) is 1.93. The number of ether oxygens (including phenoxy) is 4. The van der Waals surface area contributed by atoms with Gasteiger partial charge in [-0.3, -0.25) is 15.0 Å². The summed E-state index contributed by atoms with van der Waals surface area (Å²) in [4.78, 5) is 27.1. The fourth-order valence-electron chi connectivity index (χ4n) is 7.88. The maximum absolute atomic E-state index is 13.0. The number of fused-ring (bicyclic) bond motifs is 3. The maximum Gasteiger partial charge on any atom is 0.326 e. The number of nitrogens with zero attached hydrogens (tertiary/aromatic N) is 1. The van der Waals surface area contributed by atoms with Crippen LogP contribution < -0.4 is 14.8 Å². The molecule has 2 N–H and O–H groups in total. The Kier molecular flexibility index (Phi) is 6.72. The number of nitrogens with one attached hydrogen (secondary N) is 1. The van der Waals surface area contributed by atoms with Gasteiger partial charge in [-0.05, 0) is 59.7 Å². The van der Waals surface area contributed by atoms with Crippen molar-refractivity contribution in [1.29, 1.82) is 0 Å². The van der Waals surface area contributed by atoms with Crippen LogP contribution in [0.1, 0.15) is 36.5 Å². The number of hydrogen-bond donors (Lipinski definition) is 2. The maximum atomic E-state index is 13.0. The minimum absolute atomic E-state index is 0.0826. The Labute approximate surface area is 250 Å². The van der Waals surface area contributed by atoms with Crippen LogP contribution in [-0.2, 0) is 19.9 Å². The fraction of sp³-hybridized carbons (Fsp3) is 0.412. The van der Waals surface area contributed by atoms with E-state index >= 15 is 0 Å². The SMILES string of the molecule is COc1ccc(C(OC[C@]23C[C@@H]4C[C@H]5[C@H](C)C(=O)NC(=O)N5[C@H](O2)[C@@H]4[C@@H]3O)(c2ccccc2)c2ccc(OC)cc2)cc1. The number of methoxy groups -OCH3 is 2. The van der Waals surface area contributed by atoms with Gasteiger partial charge in [-0.1, -0.05) is 61.5 Å². The number of aliphatic hydroxyl groups excluding tert-OH is 1. The molecule has 43 heavy (non-hydrogen) atoms. The van der Waals surface area contributed by atoms with Crippen LogP contribution in [-0.4, -0.2) is 66.7 Å². The van der Waals surface area contributed by atoms with Gasteiger partial charge in [0.05, 0.1) is 32.8 Å².